The van der Waals surface area contributed by atoms with E-state index in [-0.39, 0.29) is 17.3 Å². The first-order chi connectivity index (χ1) is 18.5. The summed E-state index contributed by atoms with van der Waals surface area (Å²) in [5.41, 5.74) is 4.04. The summed E-state index contributed by atoms with van der Waals surface area (Å²) in [5, 5.41) is 2.91. The van der Waals surface area contributed by atoms with Crippen LogP contribution in [0.2, 0.25) is 0 Å². The monoisotopic (exact) mass is 549 g/mol. The standard InChI is InChI=1S/C31H39N3O4S/c1-6-7-17-32-31(36)26(5)33(21-27-14-12-11-13-25(27)4)30(35)22-34(28-19-23(2)18-24(3)20-28)39(37,38)29-15-9-8-10-16-29/h8-16,18-20,26H,6-7,17,21-22H2,1-5H3,(H,32,36)/t26-/m0/s1. The van der Waals surface area contributed by atoms with Crippen molar-refractivity contribution in [3.8, 4) is 0 Å². The number of amides is 2. The van der Waals surface area contributed by atoms with E-state index in [0.717, 1.165) is 39.4 Å². The first kappa shape index (κ1) is 29.9. The van der Waals surface area contributed by atoms with Gasteiger partial charge < -0.3 is 10.2 Å². The van der Waals surface area contributed by atoms with Gasteiger partial charge in [0.1, 0.15) is 12.6 Å². The van der Waals surface area contributed by atoms with Crippen LogP contribution in [0.5, 0.6) is 0 Å². The molecule has 0 radical (unpaired) electrons. The molecule has 0 fully saturated rings. The van der Waals surface area contributed by atoms with Crippen LogP contribution in [-0.4, -0.2) is 44.3 Å². The maximum absolute atomic E-state index is 14.0. The van der Waals surface area contributed by atoms with Crippen molar-refractivity contribution in [2.75, 3.05) is 17.4 Å². The molecule has 2 amide bonds. The van der Waals surface area contributed by atoms with Crippen LogP contribution in [0.4, 0.5) is 5.69 Å². The summed E-state index contributed by atoms with van der Waals surface area (Å²) in [4.78, 5) is 28.6. The first-order valence-corrected chi connectivity index (χ1v) is 14.8. The molecule has 0 unspecified atom stereocenters. The van der Waals surface area contributed by atoms with Gasteiger partial charge in [0.2, 0.25) is 11.8 Å². The molecule has 1 atom stereocenters. The van der Waals surface area contributed by atoms with Gasteiger partial charge in [-0.15, -0.1) is 0 Å². The summed E-state index contributed by atoms with van der Waals surface area (Å²) in [6.07, 6.45) is 1.77. The zero-order valence-electron chi connectivity index (χ0n) is 23.5. The van der Waals surface area contributed by atoms with Gasteiger partial charge in [0.15, 0.2) is 0 Å². The Hall–Kier alpha value is -3.65. The number of hydrogen-bond donors (Lipinski definition) is 1. The number of hydrogen-bond acceptors (Lipinski definition) is 4. The minimum atomic E-state index is -4.08. The molecule has 8 heteroatoms. The molecular formula is C31H39N3O4S. The molecule has 3 rings (SSSR count). The van der Waals surface area contributed by atoms with Crippen LogP contribution in [0.3, 0.4) is 0 Å². The van der Waals surface area contributed by atoms with Crippen molar-refractivity contribution in [3.05, 3.63) is 95.1 Å². The number of anilines is 1. The average molecular weight is 550 g/mol. The normalized spacial score (nSPS) is 12.0. The fourth-order valence-electron chi connectivity index (χ4n) is 4.43. The number of benzene rings is 3. The van der Waals surface area contributed by atoms with Crippen molar-refractivity contribution in [2.45, 2.75) is 64.9 Å². The molecule has 3 aromatic carbocycles. The summed E-state index contributed by atoms with van der Waals surface area (Å²) in [7, 11) is -4.08. The maximum atomic E-state index is 14.0. The number of carbonyl (C=O) groups is 2. The van der Waals surface area contributed by atoms with E-state index in [1.54, 1.807) is 37.3 Å². The van der Waals surface area contributed by atoms with Crippen LogP contribution in [0, 0.1) is 20.8 Å². The molecule has 208 valence electrons. The molecule has 0 aromatic heterocycles. The predicted molar refractivity (Wildman–Crippen MR) is 156 cm³/mol. The average Bonchev–Trinajstić information content (AvgIpc) is 2.90. The Labute approximate surface area is 232 Å². The fraction of sp³-hybridized carbons (Fsp3) is 0.355. The molecule has 0 aliphatic heterocycles. The third-order valence-corrected chi connectivity index (χ3v) is 8.49. The van der Waals surface area contributed by atoms with Gasteiger partial charge in [-0.1, -0.05) is 61.9 Å². The smallest absolute Gasteiger partial charge is 0.264 e. The third-order valence-electron chi connectivity index (χ3n) is 6.70. The second kappa shape index (κ2) is 13.4. The largest absolute Gasteiger partial charge is 0.354 e. The van der Waals surface area contributed by atoms with Gasteiger partial charge >= 0.3 is 0 Å². The third kappa shape index (κ3) is 7.69. The summed E-state index contributed by atoms with van der Waals surface area (Å²) >= 11 is 0. The van der Waals surface area contributed by atoms with E-state index < -0.39 is 28.5 Å². The van der Waals surface area contributed by atoms with Gasteiger partial charge in [-0.2, -0.15) is 0 Å². The number of nitrogens with zero attached hydrogens (tertiary/aromatic N) is 2. The minimum absolute atomic E-state index is 0.0905. The molecule has 0 saturated carbocycles. The second-order valence-electron chi connectivity index (χ2n) is 9.94. The van der Waals surface area contributed by atoms with E-state index in [9.17, 15) is 18.0 Å². The van der Waals surface area contributed by atoms with Crippen molar-refractivity contribution in [1.29, 1.82) is 0 Å². The van der Waals surface area contributed by atoms with Crippen molar-refractivity contribution < 1.29 is 18.0 Å². The van der Waals surface area contributed by atoms with Crippen LogP contribution in [0.1, 0.15) is 48.9 Å². The molecule has 39 heavy (non-hydrogen) atoms. The van der Waals surface area contributed by atoms with Gasteiger partial charge in [0, 0.05) is 13.1 Å². The predicted octanol–water partition coefficient (Wildman–Crippen LogP) is 5.14. The SMILES string of the molecule is CCCCNC(=O)[C@H](C)N(Cc1ccccc1C)C(=O)CN(c1cc(C)cc(C)c1)S(=O)(=O)c1ccccc1. The first-order valence-electron chi connectivity index (χ1n) is 13.3. The number of carbonyl (C=O) groups excluding carboxylic acids is 2. The molecule has 0 aliphatic carbocycles. The van der Waals surface area contributed by atoms with E-state index in [4.69, 9.17) is 0 Å². The van der Waals surface area contributed by atoms with E-state index in [2.05, 4.69) is 5.32 Å². The molecule has 1 N–H and O–H groups in total. The Kier molecular flexibility index (Phi) is 10.3. The Morgan fingerprint density at radius 3 is 2.13 bits per heavy atom. The van der Waals surface area contributed by atoms with Gasteiger partial charge in [-0.05, 0) is 80.6 Å². The lowest BCUT2D eigenvalue weighted by Gasteiger charge is -2.32. The van der Waals surface area contributed by atoms with Crippen molar-refractivity contribution >= 4 is 27.5 Å². The number of rotatable bonds is 12. The zero-order chi connectivity index (χ0) is 28.6. The van der Waals surface area contributed by atoms with Crippen molar-refractivity contribution in [3.63, 3.8) is 0 Å². The quantitative estimate of drug-likeness (QED) is 0.317. The van der Waals surface area contributed by atoms with E-state index in [0.29, 0.717) is 12.2 Å². The molecule has 0 aliphatic rings. The molecule has 7 nitrogen and oxygen atoms in total. The van der Waals surface area contributed by atoms with Crippen LogP contribution < -0.4 is 9.62 Å². The summed E-state index contributed by atoms with van der Waals surface area (Å²) < 4.78 is 28.9. The zero-order valence-corrected chi connectivity index (χ0v) is 24.3. The highest BCUT2D eigenvalue weighted by atomic mass is 32.2. The lowest BCUT2D eigenvalue weighted by Crippen LogP contribution is -2.51. The highest BCUT2D eigenvalue weighted by Crippen LogP contribution is 2.26. The van der Waals surface area contributed by atoms with Crippen molar-refractivity contribution in [1.82, 2.24) is 10.2 Å². The Morgan fingerprint density at radius 1 is 0.897 bits per heavy atom. The molecular weight excluding hydrogens is 510 g/mol. The van der Waals surface area contributed by atoms with Gasteiger partial charge in [0.05, 0.1) is 10.6 Å². The minimum Gasteiger partial charge on any atom is -0.354 e. The lowest BCUT2D eigenvalue weighted by atomic mass is 10.1. The van der Waals surface area contributed by atoms with E-state index in [1.165, 1.54) is 17.0 Å². The van der Waals surface area contributed by atoms with Gasteiger partial charge in [-0.25, -0.2) is 8.42 Å². The lowest BCUT2D eigenvalue weighted by molar-refractivity contribution is -0.139. The number of nitrogens with one attached hydrogen (secondary N) is 1. The van der Waals surface area contributed by atoms with E-state index in [1.807, 2.05) is 58.0 Å². The van der Waals surface area contributed by atoms with Crippen LogP contribution >= 0.6 is 0 Å². The molecule has 0 bridgehead atoms. The Morgan fingerprint density at radius 2 is 1.51 bits per heavy atom. The van der Waals surface area contributed by atoms with Crippen LogP contribution in [0.15, 0.2) is 77.7 Å². The maximum Gasteiger partial charge on any atom is 0.264 e. The fourth-order valence-corrected chi connectivity index (χ4v) is 5.85. The Bertz CT molecular complexity index is 1370. The van der Waals surface area contributed by atoms with Crippen LogP contribution in [0.25, 0.3) is 0 Å². The highest BCUT2D eigenvalue weighted by Gasteiger charge is 2.32. The topological polar surface area (TPSA) is 86.8 Å². The number of sulfonamides is 1. The van der Waals surface area contributed by atoms with Crippen LogP contribution in [-0.2, 0) is 26.2 Å². The molecule has 0 heterocycles. The second-order valence-corrected chi connectivity index (χ2v) is 11.8. The van der Waals surface area contributed by atoms with Gasteiger partial charge in [0.25, 0.3) is 10.0 Å². The summed E-state index contributed by atoms with van der Waals surface area (Å²) in [6.45, 7) is 9.70. The summed E-state index contributed by atoms with van der Waals surface area (Å²) in [6, 6.07) is 20.4. The molecule has 0 spiro atoms. The summed E-state index contributed by atoms with van der Waals surface area (Å²) in [5.74, 6) is -0.732. The highest BCUT2D eigenvalue weighted by molar-refractivity contribution is 7.92. The Balaban J connectivity index is 2.03. The van der Waals surface area contributed by atoms with Gasteiger partial charge in [-0.3, -0.25) is 13.9 Å². The van der Waals surface area contributed by atoms with E-state index >= 15 is 0 Å². The number of unbranched alkanes of at least 4 members (excludes halogenated alkanes) is 1. The molecule has 0 saturated heterocycles. The molecule has 3 aromatic rings. The van der Waals surface area contributed by atoms with Crippen molar-refractivity contribution in [2.24, 2.45) is 0 Å². The number of aryl methyl sites for hydroxylation is 3.